The molecule has 0 atom stereocenters. The zero-order valence-corrected chi connectivity index (χ0v) is 14.7. The molecule has 0 aliphatic carbocycles. The van der Waals surface area contributed by atoms with Crippen LogP contribution in [0.3, 0.4) is 0 Å². The van der Waals surface area contributed by atoms with Crippen molar-refractivity contribution in [3.8, 4) is 0 Å². The van der Waals surface area contributed by atoms with E-state index in [0.717, 1.165) is 18.3 Å². The molecule has 6 heteroatoms. The van der Waals surface area contributed by atoms with Crippen LogP contribution in [0.25, 0.3) is 15.8 Å². The highest BCUT2D eigenvalue weighted by atomic mass is 32.2. The lowest BCUT2D eigenvalue weighted by atomic mass is 10.1. The topological polar surface area (TPSA) is 35.8 Å². The summed E-state index contributed by atoms with van der Waals surface area (Å²) in [6, 6.07) is 6.76. The van der Waals surface area contributed by atoms with Gasteiger partial charge in [0.25, 0.3) is 0 Å². The van der Waals surface area contributed by atoms with Gasteiger partial charge in [0.1, 0.15) is 0 Å². The van der Waals surface area contributed by atoms with Crippen molar-refractivity contribution in [3.05, 3.63) is 34.0 Å². The van der Waals surface area contributed by atoms with E-state index in [1.807, 2.05) is 0 Å². The number of thiophene rings is 1. The first-order chi connectivity index (χ1) is 10.8. The number of aliphatic imine (C=N–C) groups is 1. The molecule has 3 heterocycles. The summed E-state index contributed by atoms with van der Waals surface area (Å²) in [7, 11) is 0. The Morgan fingerprint density at radius 3 is 3.14 bits per heavy atom. The summed E-state index contributed by atoms with van der Waals surface area (Å²) in [6.45, 7) is 2.00. The molecule has 2 aliphatic heterocycles. The van der Waals surface area contributed by atoms with Crippen LogP contribution in [0.15, 0.2) is 38.4 Å². The van der Waals surface area contributed by atoms with Gasteiger partial charge in [-0.25, -0.2) is 0 Å². The van der Waals surface area contributed by atoms with Crippen LogP contribution in [0, 0.1) is 0 Å². The van der Waals surface area contributed by atoms with Crippen LogP contribution in [-0.4, -0.2) is 41.1 Å². The van der Waals surface area contributed by atoms with Crippen LogP contribution in [0.5, 0.6) is 0 Å². The molecule has 2 aliphatic rings. The molecule has 0 fully saturated rings. The number of aliphatic hydroxyl groups is 1. The fraction of sp³-hybridized carbons (Fsp3) is 0.312. The number of nitrogens with zero attached hydrogens (tertiary/aromatic N) is 2. The van der Waals surface area contributed by atoms with Gasteiger partial charge in [-0.05, 0) is 29.8 Å². The molecule has 3 nitrogen and oxygen atoms in total. The Morgan fingerprint density at radius 1 is 1.41 bits per heavy atom. The van der Waals surface area contributed by atoms with E-state index >= 15 is 0 Å². The molecular weight excluding hydrogens is 332 g/mol. The fourth-order valence-corrected chi connectivity index (χ4v) is 5.53. The minimum Gasteiger partial charge on any atom is -0.396 e. The maximum atomic E-state index is 9.42. The molecule has 0 radical (unpaired) electrons. The summed E-state index contributed by atoms with van der Waals surface area (Å²) in [4.78, 5) is 9.45. The predicted molar refractivity (Wildman–Crippen MR) is 98.8 cm³/mol. The smallest absolute Gasteiger partial charge is 0.168 e. The second-order valence-electron chi connectivity index (χ2n) is 5.17. The van der Waals surface area contributed by atoms with Gasteiger partial charge in [0.15, 0.2) is 5.17 Å². The lowest BCUT2D eigenvalue weighted by Crippen LogP contribution is -2.20. The largest absolute Gasteiger partial charge is 0.396 e. The van der Waals surface area contributed by atoms with E-state index < -0.39 is 0 Å². The average molecular weight is 349 g/mol. The summed E-state index contributed by atoms with van der Waals surface area (Å²) < 4.78 is 1.33. The number of fused-ring (bicyclic) bond motifs is 2. The Balaban J connectivity index is 1.93. The lowest BCUT2D eigenvalue weighted by molar-refractivity contribution is 0.301. The molecule has 4 rings (SSSR count). The van der Waals surface area contributed by atoms with E-state index in [1.54, 1.807) is 34.9 Å². The van der Waals surface area contributed by atoms with E-state index in [1.165, 1.54) is 31.1 Å². The molecule has 22 heavy (non-hydrogen) atoms. The highest BCUT2D eigenvalue weighted by Gasteiger charge is 2.33. The van der Waals surface area contributed by atoms with Gasteiger partial charge in [0.05, 0.1) is 12.2 Å². The summed E-state index contributed by atoms with van der Waals surface area (Å²) in [6.07, 6.45) is 2.82. The van der Waals surface area contributed by atoms with Crippen LogP contribution in [-0.2, 0) is 0 Å². The Kier molecular flexibility index (Phi) is 3.94. The van der Waals surface area contributed by atoms with Gasteiger partial charge < -0.3 is 10.0 Å². The lowest BCUT2D eigenvalue weighted by Gasteiger charge is -2.19. The van der Waals surface area contributed by atoms with E-state index in [4.69, 9.17) is 0 Å². The number of thioether (sulfide) groups is 2. The van der Waals surface area contributed by atoms with E-state index in [0.29, 0.717) is 6.42 Å². The summed E-state index contributed by atoms with van der Waals surface area (Å²) >= 11 is 5.29. The Hall–Kier alpha value is -0.950. The van der Waals surface area contributed by atoms with Gasteiger partial charge in [-0.3, -0.25) is 4.99 Å². The summed E-state index contributed by atoms with van der Waals surface area (Å²) in [5, 5.41) is 14.0. The van der Waals surface area contributed by atoms with Crippen molar-refractivity contribution in [1.29, 1.82) is 0 Å². The first kappa shape index (κ1) is 14.6. The van der Waals surface area contributed by atoms with Crippen LogP contribution in [0.1, 0.15) is 12.0 Å². The predicted octanol–water partition coefficient (Wildman–Crippen LogP) is 4.09. The molecule has 0 unspecified atom stereocenters. The van der Waals surface area contributed by atoms with Crippen molar-refractivity contribution in [2.24, 2.45) is 4.99 Å². The zero-order valence-electron chi connectivity index (χ0n) is 12.2. The third-order valence-corrected chi connectivity index (χ3v) is 6.67. The highest BCUT2D eigenvalue weighted by molar-refractivity contribution is 8.17. The average Bonchev–Trinajstić information content (AvgIpc) is 3.21. The second kappa shape index (κ2) is 5.92. The second-order valence-corrected chi connectivity index (χ2v) is 8.06. The fourth-order valence-electron chi connectivity index (χ4n) is 2.96. The van der Waals surface area contributed by atoms with Gasteiger partial charge in [0.2, 0.25) is 0 Å². The number of rotatable bonds is 4. The number of benzene rings is 1. The van der Waals surface area contributed by atoms with Crippen LogP contribution in [0.4, 0.5) is 0 Å². The van der Waals surface area contributed by atoms with Crippen LogP contribution >= 0.6 is 34.9 Å². The van der Waals surface area contributed by atoms with Crippen molar-refractivity contribution in [2.45, 2.75) is 11.3 Å². The van der Waals surface area contributed by atoms with Crippen molar-refractivity contribution < 1.29 is 5.11 Å². The van der Waals surface area contributed by atoms with Crippen molar-refractivity contribution in [3.63, 3.8) is 0 Å². The summed E-state index contributed by atoms with van der Waals surface area (Å²) in [5.41, 5.74) is 2.54. The Labute approximate surface area is 142 Å². The minimum absolute atomic E-state index is 0.182. The molecule has 0 saturated heterocycles. The molecule has 1 aromatic carbocycles. The van der Waals surface area contributed by atoms with Gasteiger partial charge in [0, 0.05) is 45.0 Å². The molecular formula is C16H16N2OS3. The third kappa shape index (κ3) is 2.29. The number of aliphatic hydroxyl groups excluding tert-OH is 1. The van der Waals surface area contributed by atoms with Gasteiger partial charge in [-0.15, -0.1) is 23.1 Å². The van der Waals surface area contributed by atoms with E-state index in [2.05, 4.69) is 39.7 Å². The number of amidine groups is 1. The molecule has 0 saturated carbocycles. The van der Waals surface area contributed by atoms with Gasteiger partial charge in [-0.1, -0.05) is 11.8 Å². The first-order valence-corrected chi connectivity index (χ1v) is 10.1. The van der Waals surface area contributed by atoms with Gasteiger partial charge >= 0.3 is 0 Å². The van der Waals surface area contributed by atoms with Crippen LogP contribution < -0.4 is 0 Å². The third-order valence-electron chi connectivity index (χ3n) is 3.93. The van der Waals surface area contributed by atoms with E-state index in [-0.39, 0.29) is 6.61 Å². The summed E-state index contributed by atoms with van der Waals surface area (Å²) in [5.74, 6) is 0. The monoisotopic (exact) mass is 348 g/mol. The molecule has 0 bridgehead atoms. The quantitative estimate of drug-likeness (QED) is 0.844. The molecule has 0 amide bonds. The Morgan fingerprint density at radius 2 is 2.32 bits per heavy atom. The van der Waals surface area contributed by atoms with Crippen molar-refractivity contribution in [1.82, 2.24) is 4.90 Å². The molecule has 1 aromatic heterocycles. The molecule has 0 spiro atoms. The molecule has 2 aromatic rings. The molecule has 1 N–H and O–H groups in total. The molecule has 114 valence electrons. The van der Waals surface area contributed by atoms with Gasteiger partial charge in [-0.2, -0.15) is 0 Å². The highest BCUT2D eigenvalue weighted by Crippen LogP contribution is 2.46. The maximum Gasteiger partial charge on any atom is 0.168 e. The van der Waals surface area contributed by atoms with E-state index in [9.17, 15) is 5.11 Å². The van der Waals surface area contributed by atoms with Crippen molar-refractivity contribution >= 4 is 55.8 Å². The Bertz CT molecular complexity index is 794. The van der Waals surface area contributed by atoms with Crippen LogP contribution in [0.2, 0.25) is 0 Å². The first-order valence-electron chi connectivity index (χ1n) is 7.21. The maximum absolute atomic E-state index is 9.42. The van der Waals surface area contributed by atoms with Crippen molar-refractivity contribution in [2.75, 3.05) is 26.0 Å². The minimum atomic E-state index is 0.182. The standard InChI is InChI=1S/C16H16N2OS3/c1-20-10-8-12(11-3-7-21-14(11)9-10)15-13(2-6-19)22-16-17-4-5-18(15)16/h3,7-9,19H,2,4-6H2,1H3. The zero-order chi connectivity index (χ0) is 15.1. The number of hydrogen-bond donors (Lipinski definition) is 1. The normalized spacial score (nSPS) is 17.5. The number of hydrogen-bond acceptors (Lipinski definition) is 6. The SMILES string of the molecule is CSc1cc(C2=C(CCO)SC3=NCCN32)c2ccsc2c1.